The van der Waals surface area contributed by atoms with E-state index in [-0.39, 0.29) is 11.4 Å². The Labute approximate surface area is 175 Å². The van der Waals surface area contributed by atoms with Crippen LogP contribution in [0.25, 0.3) is 0 Å². The molecule has 1 saturated carbocycles. The lowest BCUT2D eigenvalue weighted by Crippen LogP contribution is -2.45. The van der Waals surface area contributed by atoms with E-state index < -0.39 is 11.6 Å². The summed E-state index contributed by atoms with van der Waals surface area (Å²) in [5.74, 6) is 0.881. The van der Waals surface area contributed by atoms with Crippen molar-refractivity contribution in [1.82, 2.24) is 9.88 Å². The summed E-state index contributed by atoms with van der Waals surface area (Å²) >= 11 is 0. The van der Waals surface area contributed by atoms with Crippen LogP contribution < -0.4 is 9.64 Å². The van der Waals surface area contributed by atoms with Gasteiger partial charge in [0.05, 0.1) is 24.3 Å². The second-order valence-corrected chi connectivity index (χ2v) is 8.84. The van der Waals surface area contributed by atoms with Gasteiger partial charge in [-0.3, -0.25) is 4.79 Å². The summed E-state index contributed by atoms with van der Waals surface area (Å²) in [6.45, 7) is 6.69. The molecule has 7 nitrogen and oxygen atoms in total. The number of benzene rings is 1. The smallest absolute Gasteiger partial charge is 0.339 e. The molecule has 1 amide bonds. The molecule has 1 aromatic carbocycles. The highest BCUT2D eigenvalue weighted by molar-refractivity contribution is 6.01. The highest BCUT2D eigenvalue weighted by atomic mass is 16.5. The van der Waals surface area contributed by atoms with Gasteiger partial charge in [0.2, 0.25) is 0 Å². The number of aromatic nitrogens is 1. The first-order chi connectivity index (χ1) is 14.3. The molecule has 1 aliphatic carbocycles. The first-order valence-electron chi connectivity index (χ1n) is 10.3. The minimum Gasteiger partial charge on any atom is -0.482 e. The first-order valence-corrected chi connectivity index (χ1v) is 10.3. The van der Waals surface area contributed by atoms with Gasteiger partial charge in [-0.2, -0.15) is 0 Å². The molecule has 156 valence electrons. The third kappa shape index (κ3) is 2.68. The van der Waals surface area contributed by atoms with Crippen LogP contribution in [0.1, 0.15) is 59.9 Å². The van der Waals surface area contributed by atoms with E-state index in [0.29, 0.717) is 30.3 Å². The molecule has 1 aromatic heterocycles. The van der Waals surface area contributed by atoms with Crippen LogP contribution in [0.5, 0.6) is 5.75 Å². The molecule has 30 heavy (non-hydrogen) atoms. The van der Waals surface area contributed by atoms with Crippen molar-refractivity contribution >= 4 is 23.4 Å². The molecule has 3 aliphatic rings. The normalized spacial score (nSPS) is 19.9. The maximum absolute atomic E-state index is 12.6. The minimum absolute atomic E-state index is 0.0916. The number of hydrogen-bond donors (Lipinski definition) is 0. The number of fused-ring (bicyclic) bond motifs is 3. The number of hydrogen-bond acceptors (Lipinski definition) is 6. The van der Waals surface area contributed by atoms with E-state index in [2.05, 4.69) is 16.0 Å². The van der Waals surface area contributed by atoms with Crippen LogP contribution in [0.15, 0.2) is 30.5 Å². The van der Waals surface area contributed by atoms with E-state index in [4.69, 9.17) is 9.47 Å². The number of anilines is 2. The molecular weight excluding hydrogens is 382 g/mol. The van der Waals surface area contributed by atoms with Gasteiger partial charge in [-0.1, -0.05) is 0 Å². The van der Waals surface area contributed by atoms with Crippen LogP contribution in [0.2, 0.25) is 0 Å². The quantitative estimate of drug-likeness (QED) is 0.724. The van der Waals surface area contributed by atoms with Crippen molar-refractivity contribution in [2.75, 3.05) is 25.1 Å². The van der Waals surface area contributed by atoms with Crippen LogP contribution >= 0.6 is 0 Å². The summed E-state index contributed by atoms with van der Waals surface area (Å²) in [6, 6.07) is 7.71. The fraction of sp³-hybridized carbons (Fsp3) is 0.435. The van der Waals surface area contributed by atoms with Gasteiger partial charge < -0.3 is 19.3 Å². The van der Waals surface area contributed by atoms with E-state index >= 15 is 0 Å². The van der Waals surface area contributed by atoms with Crippen LogP contribution in [0.3, 0.4) is 0 Å². The van der Waals surface area contributed by atoms with Crippen LogP contribution in [-0.4, -0.2) is 47.6 Å². The molecule has 0 unspecified atom stereocenters. The van der Waals surface area contributed by atoms with Gasteiger partial charge in [0, 0.05) is 30.6 Å². The monoisotopic (exact) mass is 407 g/mol. The van der Waals surface area contributed by atoms with Crippen molar-refractivity contribution in [2.24, 2.45) is 0 Å². The number of carbonyl (C=O) groups excluding carboxylic acids is 2. The van der Waals surface area contributed by atoms with Crippen molar-refractivity contribution in [3.63, 3.8) is 0 Å². The number of esters is 1. The molecule has 3 heterocycles. The maximum Gasteiger partial charge on any atom is 0.339 e. The topological polar surface area (TPSA) is 72.0 Å². The molecule has 7 heteroatoms. The molecule has 0 saturated heterocycles. The lowest BCUT2D eigenvalue weighted by molar-refractivity contribution is 0.0522. The molecule has 1 spiro atoms. The number of carbonyl (C=O) groups is 2. The fourth-order valence-electron chi connectivity index (χ4n) is 4.59. The van der Waals surface area contributed by atoms with Gasteiger partial charge in [0.1, 0.15) is 5.60 Å². The summed E-state index contributed by atoms with van der Waals surface area (Å²) in [5, 5.41) is 0. The standard InChI is InChI=1S/C23H25N3O4/c1-5-29-21(28)14-10-18-19(24-12-14)26(13-22(2,3)30-18)15-6-7-16-17(11-15)23(8-9-23)25(4)20(16)27/h6-7,10-12H,5,8-9,13H2,1-4H3. The summed E-state index contributed by atoms with van der Waals surface area (Å²) in [4.78, 5) is 33.3. The molecule has 2 aromatic rings. The Morgan fingerprint density at radius 2 is 2.03 bits per heavy atom. The van der Waals surface area contributed by atoms with Crippen molar-refractivity contribution in [3.8, 4) is 5.75 Å². The highest BCUT2D eigenvalue weighted by Gasteiger charge is 2.56. The molecule has 1 fully saturated rings. The van der Waals surface area contributed by atoms with Crippen LogP contribution in [0.4, 0.5) is 11.5 Å². The Morgan fingerprint density at radius 1 is 1.27 bits per heavy atom. The predicted molar refractivity (Wildman–Crippen MR) is 111 cm³/mol. The molecule has 0 atom stereocenters. The number of amides is 1. The van der Waals surface area contributed by atoms with E-state index in [1.54, 1.807) is 13.0 Å². The largest absolute Gasteiger partial charge is 0.482 e. The lowest BCUT2D eigenvalue weighted by Gasteiger charge is -2.40. The van der Waals surface area contributed by atoms with E-state index in [9.17, 15) is 9.59 Å². The Kier molecular flexibility index (Phi) is 3.91. The molecular formula is C23H25N3O4. The SMILES string of the molecule is CCOC(=O)c1cnc2c(c1)OC(C)(C)CN2c1ccc2c(c1)C1(CC1)N(C)C2=O. The Bertz CT molecular complexity index is 1070. The van der Waals surface area contributed by atoms with Crippen LogP contribution in [-0.2, 0) is 10.3 Å². The van der Waals surface area contributed by atoms with E-state index in [1.807, 2.05) is 37.9 Å². The van der Waals surface area contributed by atoms with Gasteiger partial charge >= 0.3 is 5.97 Å². The number of ether oxygens (including phenoxy) is 2. The zero-order chi connectivity index (χ0) is 21.3. The highest BCUT2D eigenvalue weighted by Crippen LogP contribution is 2.56. The van der Waals surface area contributed by atoms with Gasteiger partial charge in [0.15, 0.2) is 11.6 Å². The van der Waals surface area contributed by atoms with E-state index in [0.717, 1.165) is 29.7 Å². The molecule has 2 aliphatic heterocycles. The third-order valence-corrected chi connectivity index (χ3v) is 6.24. The zero-order valence-electron chi connectivity index (χ0n) is 17.7. The van der Waals surface area contributed by atoms with Gasteiger partial charge in [0.25, 0.3) is 5.91 Å². The summed E-state index contributed by atoms with van der Waals surface area (Å²) in [6.07, 6.45) is 3.52. The second-order valence-electron chi connectivity index (χ2n) is 8.84. The Morgan fingerprint density at radius 3 is 2.73 bits per heavy atom. The van der Waals surface area contributed by atoms with Crippen molar-refractivity contribution in [1.29, 1.82) is 0 Å². The maximum atomic E-state index is 12.6. The number of pyridine rings is 1. The minimum atomic E-state index is -0.481. The Hall–Kier alpha value is -3.09. The van der Waals surface area contributed by atoms with Gasteiger partial charge in [-0.25, -0.2) is 9.78 Å². The van der Waals surface area contributed by atoms with E-state index in [1.165, 1.54) is 6.20 Å². The molecule has 0 radical (unpaired) electrons. The number of rotatable bonds is 3. The van der Waals surface area contributed by atoms with Crippen LogP contribution in [0, 0.1) is 0 Å². The zero-order valence-corrected chi connectivity index (χ0v) is 17.7. The average molecular weight is 407 g/mol. The predicted octanol–water partition coefficient (Wildman–Crippen LogP) is 3.64. The molecule has 0 N–H and O–H groups in total. The second kappa shape index (κ2) is 6.20. The van der Waals surface area contributed by atoms with Gasteiger partial charge in [-0.15, -0.1) is 0 Å². The van der Waals surface area contributed by atoms with Crippen molar-refractivity contribution in [3.05, 3.63) is 47.2 Å². The summed E-state index contributed by atoms with van der Waals surface area (Å²) in [5.41, 5.74) is 2.60. The lowest BCUT2D eigenvalue weighted by atomic mass is 10.00. The van der Waals surface area contributed by atoms with Gasteiger partial charge in [-0.05, 0) is 57.4 Å². The summed E-state index contributed by atoms with van der Waals surface area (Å²) in [7, 11) is 1.89. The fourth-order valence-corrected chi connectivity index (χ4v) is 4.59. The molecule has 5 rings (SSSR count). The number of nitrogens with zero attached hydrogens (tertiary/aromatic N) is 3. The first kappa shape index (κ1) is 18.9. The van der Waals surface area contributed by atoms with Crippen molar-refractivity contribution < 1.29 is 19.1 Å². The molecule has 0 bridgehead atoms. The third-order valence-electron chi connectivity index (χ3n) is 6.24. The average Bonchev–Trinajstić information content (AvgIpc) is 3.49. The van der Waals surface area contributed by atoms with Crippen molar-refractivity contribution in [2.45, 2.75) is 44.8 Å². The Balaban J connectivity index is 1.58. The summed E-state index contributed by atoms with van der Waals surface area (Å²) < 4.78 is 11.2.